The second kappa shape index (κ2) is 15.9. The van der Waals surface area contributed by atoms with E-state index >= 15 is 0 Å². The van der Waals surface area contributed by atoms with E-state index in [2.05, 4.69) is 41.7 Å². The zero-order chi connectivity index (χ0) is 28.9. The van der Waals surface area contributed by atoms with E-state index in [9.17, 15) is 24.3 Å². The minimum absolute atomic E-state index is 0.0967. The Balaban J connectivity index is 0.000000798. The number of aromatic amines is 1. The van der Waals surface area contributed by atoms with E-state index in [0.717, 1.165) is 24.1 Å². The molecule has 0 aliphatic carbocycles. The molecule has 216 valence electrons. The van der Waals surface area contributed by atoms with E-state index in [1.54, 1.807) is 24.3 Å². The van der Waals surface area contributed by atoms with Gasteiger partial charge in [0, 0.05) is 23.4 Å². The number of benzene rings is 1. The molecule has 0 saturated carbocycles. The van der Waals surface area contributed by atoms with Crippen LogP contribution in [0.25, 0.3) is 10.9 Å². The first-order valence-electron chi connectivity index (χ1n) is 13.8. The Labute approximate surface area is 230 Å². The first-order chi connectivity index (χ1) is 18.6. The van der Waals surface area contributed by atoms with Crippen LogP contribution in [-0.4, -0.2) is 65.9 Å². The minimum Gasteiger partial charge on any atom is -0.496 e. The van der Waals surface area contributed by atoms with Gasteiger partial charge >= 0.3 is 0 Å². The molecule has 1 aromatic carbocycles. The summed E-state index contributed by atoms with van der Waals surface area (Å²) in [6, 6.07) is 5.04. The largest absolute Gasteiger partial charge is 0.496 e. The number of nitrogens with one attached hydrogen (secondary N) is 4. The molecule has 2 heterocycles. The van der Waals surface area contributed by atoms with Crippen LogP contribution in [0.15, 0.2) is 24.3 Å². The van der Waals surface area contributed by atoms with Crippen molar-refractivity contribution in [1.29, 1.82) is 0 Å². The Hall–Kier alpha value is -3.40. The van der Waals surface area contributed by atoms with Crippen molar-refractivity contribution in [2.75, 3.05) is 20.3 Å². The maximum Gasteiger partial charge on any atom is 0.268 e. The molecule has 10 nitrogen and oxygen atoms in total. The third-order valence-electron chi connectivity index (χ3n) is 6.73. The van der Waals surface area contributed by atoms with Crippen molar-refractivity contribution in [2.45, 2.75) is 78.3 Å². The number of ketones is 1. The van der Waals surface area contributed by atoms with Gasteiger partial charge in [-0.3, -0.25) is 19.2 Å². The molecular formula is C29H44N4O6. The maximum atomic E-state index is 12.7. The van der Waals surface area contributed by atoms with Crippen molar-refractivity contribution in [3.63, 3.8) is 0 Å². The monoisotopic (exact) mass is 544 g/mol. The predicted octanol–water partition coefficient (Wildman–Crippen LogP) is 3.09. The number of carbonyl (C=O) groups excluding carboxylic acids is 4. The van der Waals surface area contributed by atoms with Crippen LogP contribution < -0.4 is 20.7 Å². The first kappa shape index (κ1) is 31.8. The third kappa shape index (κ3) is 9.69. The normalized spacial score (nSPS) is 16.8. The van der Waals surface area contributed by atoms with E-state index in [4.69, 9.17) is 4.74 Å². The summed E-state index contributed by atoms with van der Waals surface area (Å²) in [6.45, 7) is 8.06. The van der Waals surface area contributed by atoms with Gasteiger partial charge in [0.1, 0.15) is 24.1 Å². The second-order valence-electron chi connectivity index (χ2n) is 10.4. The molecular weight excluding hydrogens is 500 g/mol. The summed E-state index contributed by atoms with van der Waals surface area (Å²) in [6.07, 6.45) is 5.10. The van der Waals surface area contributed by atoms with Crippen LogP contribution in [0, 0.1) is 11.8 Å². The van der Waals surface area contributed by atoms with Gasteiger partial charge in [-0.05, 0) is 50.3 Å². The summed E-state index contributed by atoms with van der Waals surface area (Å²) >= 11 is 0. The van der Waals surface area contributed by atoms with Crippen LogP contribution in [0.1, 0.15) is 76.7 Å². The number of hydrogen-bond acceptors (Lipinski definition) is 6. The van der Waals surface area contributed by atoms with Crippen LogP contribution in [0.5, 0.6) is 5.75 Å². The smallest absolute Gasteiger partial charge is 0.268 e. The lowest BCUT2D eigenvalue weighted by molar-refractivity contribution is -0.131. The number of amides is 3. The standard InChI is InChI=1S/C23H30N4O6.C6H14/c1-13(25-23(32)18-11-15-16(26-18)7-5-8-20(15)33-2)21(30)27-17(19(29)12-28)10-14-6-3-4-9-24-22(14)31;1-4-5-6(2)3/h5,7-8,11,13-14,17,26,28H,3-4,6,9-10,12H2,1-2H3,(H,24,31)(H,25,32)(H,27,30);6H,4-5H2,1-3H3/t13?,14-,17-;/m0./s1. The summed E-state index contributed by atoms with van der Waals surface area (Å²) in [4.78, 5) is 52.9. The molecule has 1 saturated heterocycles. The highest BCUT2D eigenvalue weighted by molar-refractivity contribution is 6.01. The minimum atomic E-state index is -1.02. The molecule has 3 amide bonds. The Morgan fingerprint density at radius 3 is 2.51 bits per heavy atom. The maximum absolute atomic E-state index is 12.7. The summed E-state index contributed by atoms with van der Waals surface area (Å²) in [5, 5.41) is 18.1. The quantitative estimate of drug-likeness (QED) is 0.293. The molecule has 1 aliphatic heterocycles. The SMILES string of the molecule is CCCC(C)C.COc1cccc2[nH]c(C(=O)NC(C)C(=O)N[C@@H](C[C@@H]3CCCCNC3=O)C(=O)CO)cc12. The van der Waals surface area contributed by atoms with Crippen molar-refractivity contribution in [1.82, 2.24) is 20.9 Å². The molecule has 2 aromatic rings. The van der Waals surface area contributed by atoms with Crippen molar-refractivity contribution >= 4 is 34.4 Å². The summed E-state index contributed by atoms with van der Waals surface area (Å²) in [7, 11) is 1.54. The highest BCUT2D eigenvalue weighted by Gasteiger charge is 2.30. The van der Waals surface area contributed by atoms with Gasteiger partial charge in [0.2, 0.25) is 11.8 Å². The molecule has 10 heteroatoms. The molecule has 3 atom stereocenters. The molecule has 1 aliphatic rings. The Kier molecular flexibility index (Phi) is 13.0. The van der Waals surface area contributed by atoms with Crippen molar-refractivity contribution in [3.05, 3.63) is 30.0 Å². The van der Waals surface area contributed by atoms with Crippen LogP contribution in [0.2, 0.25) is 0 Å². The highest BCUT2D eigenvalue weighted by atomic mass is 16.5. The molecule has 1 fully saturated rings. The predicted molar refractivity (Wildman–Crippen MR) is 151 cm³/mol. The third-order valence-corrected chi connectivity index (χ3v) is 6.73. The van der Waals surface area contributed by atoms with Crippen LogP contribution in [0.4, 0.5) is 0 Å². The Morgan fingerprint density at radius 1 is 1.15 bits per heavy atom. The Morgan fingerprint density at radius 2 is 1.90 bits per heavy atom. The number of hydrogen-bond donors (Lipinski definition) is 5. The molecule has 39 heavy (non-hydrogen) atoms. The Bertz CT molecular complexity index is 1110. The van der Waals surface area contributed by atoms with Crippen molar-refractivity contribution in [2.24, 2.45) is 11.8 Å². The fourth-order valence-electron chi connectivity index (χ4n) is 4.53. The molecule has 5 N–H and O–H groups in total. The molecule has 1 unspecified atom stereocenters. The van der Waals surface area contributed by atoms with E-state index in [-0.39, 0.29) is 18.0 Å². The lowest BCUT2D eigenvalue weighted by Gasteiger charge is -2.23. The number of Topliss-reactive ketones (excluding diaryl/α,β-unsaturated/α-hetero) is 1. The molecule has 0 bridgehead atoms. The van der Waals surface area contributed by atoms with E-state index in [0.29, 0.717) is 24.2 Å². The van der Waals surface area contributed by atoms with Gasteiger partial charge < -0.3 is 30.8 Å². The van der Waals surface area contributed by atoms with E-state index in [1.165, 1.54) is 26.9 Å². The summed E-state index contributed by atoms with van der Waals surface area (Å²) < 4.78 is 5.30. The number of aromatic nitrogens is 1. The van der Waals surface area contributed by atoms with Gasteiger partial charge in [0.05, 0.1) is 13.2 Å². The lowest BCUT2D eigenvalue weighted by atomic mass is 9.92. The molecule has 3 rings (SSSR count). The number of methoxy groups -OCH3 is 1. The number of aliphatic hydroxyl groups excluding tert-OH is 1. The van der Waals surface area contributed by atoms with Gasteiger partial charge in [-0.2, -0.15) is 0 Å². The van der Waals surface area contributed by atoms with Gasteiger partial charge in [-0.1, -0.05) is 46.1 Å². The van der Waals surface area contributed by atoms with Gasteiger partial charge in [0.15, 0.2) is 5.78 Å². The molecule has 0 radical (unpaired) electrons. The fraction of sp³-hybridized carbons (Fsp3) is 0.586. The molecule has 0 spiro atoms. The number of H-pyrrole nitrogens is 1. The average Bonchev–Trinajstić information content (AvgIpc) is 3.26. The number of aliphatic hydroxyl groups is 1. The van der Waals surface area contributed by atoms with Crippen LogP contribution >= 0.6 is 0 Å². The van der Waals surface area contributed by atoms with E-state index in [1.807, 2.05) is 0 Å². The average molecular weight is 545 g/mol. The first-order valence-corrected chi connectivity index (χ1v) is 13.8. The van der Waals surface area contributed by atoms with Gasteiger partial charge in [0.25, 0.3) is 5.91 Å². The lowest BCUT2D eigenvalue weighted by Crippen LogP contribution is -2.52. The molecule has 1 aromatic heterocycles. The van der Waals surface area contributed by atoms with Crippen LogP contribution in [-0.2, 0) is 14.4 Å². The second-order valence-corrected chi connectivity index (χ2v) is 10.4. The number of rotatable bonds is 11. The summed E-state index contributed by atoms with van der Waals surface area (Å²) in [5.74, 6) is -0.743. The van der Waals surface area contributed by atoms with E-state index < -0.39 is 42.2 Å². The number of fused-ring (bicyclic) bond motifs is 1. The number of carbonyl (C=O) groups is 4. The van der Waals surface area contributed by atoms with Gasteiger partial charge in [-0.25, -0.2) is 0 Å². The van der Waals surface area contributed by atoms with Crippen molar-refractivity contribution in [3.8, 4) is 5.75 Å². The van der Waals surface area contributed by atoms with Crippen molar-refractivity contribution < 1.29 is 29.0 Å². The van der Waals surface area contributed by atoms with Crippen LogP contribution in [0.3, 0.4) is 0 Å². The fourth-order valence-corrected chi connectivity index (χ4v) is 4.53. The topological polar surface area (TPSA) is 150 Å². The zero-order valence-corrected chi connectivity index (χ0v) is 23.8. The van der Waals surface area contributed by atoms with Gasteiger partial charge in [-0.15, -0.1) is 0 Å². The zero-order valence-electron chi connectivity index (χ0n) is 23.8. The summed E-state index contributed by atoms with van der Waals surface area (Å²) in [5.41, 5.74) is 0.971. The number of ether oxygens (including phenoxy) is 1. The highest BCUT2D eigenvalue weighted by Crippen LogP contribution is 2.26.